The van der Waals surface area contributed by atoms with E-state index in [2.05, 4.69) is 5.32 Å². The van der Waals surface area contributed by atoms with E-state index < -0.39 is 0 Å². The van der Waals surface area contributed by atoms with Crippen LogP contribution in [0.25, 0.3) is 0 Å². The molecule has 15 heavy (non-hydrogen) atoms. The molecule has 5 nitrogen and oxygen atoms in total. The van der Waals surface area contributed by atoms with Crippen molar-refractivity contribution in [3.63, 3.8) is 0 Å². The van der Waals surface area contributed by atoms with Gasteiger partial charge in [0.1, 0.15) is 6.54 Å². The van der Waals surface area contributed by atoms with Crippen molar-refractivity contribution in [2.75, 3.05) is 26.7 Å². The molecule has 0 atom stereocenters. The van der Waals surface area contributed by atoms with Crippen LogP contribution < -0.4 is 5.32 Å². The molecule has 1 N–H and O–H groups in total. The summed E-state index contributed by atoms with van der Waals surface area (Å²) < 4.78 is 0. The number of rotatable bonds is 5. The Hall–Kier alpha value is -1.10. The largest absolute Gasteiger partial charge is 0.327 e. The molecule has 1 aliphatic heterocycles. The van der Waals surface area contributed by atoms with E-state index in [1.54, 1.807) is 4.90 Å². The highest BCUT2D eigenvalue weighted by atomic mass is 16.2. The zero-order chi connectivity index (χ0) is 10.8. The fourth-order valence-corrected chi connectivity index (χ4v) is 1.88. The molecule has 2 aliphatic rings. The first-order valence-corrected chi connectivity index (χ1v) is 5.49. The predicted octanol–water partition coefficient (Wildman–Crippen LogP) is 0.0225. The second kappa shape index (κ2) is 4.18. The molecule has 1 heterocycles. The minimum atomic E-state index is -0.0846. The maximum atomic E-state index is 11.8. The van der Waals surface area contributed by atoms with E-state index in [9.17, 15) is 9.59 Å². The van der Waals surface area contributed by atoms with Gasteiger partial charge >= 0.3 is 6.03 Å². The topological polar surface area (TPSA) is 52.7 Å². The van der Waals surface area contributed by atoms with Crippen LogP contribution in [0, 0.1) is 0 Å². The van der Waals surface area contributed by atoms with Crippen molar-refractivity contribution in [2.45, 2.75) is 25.3 Å². The molecule has 1 saturated heterocycles. The Morgan fingerprint density at radius 3 is 2.73 bits per heavy atom. The van der Waals surface area contributed by atoms with Crippen molar-refractivity contribution in [3.8, 4) is 0 Å². The molecule has 2 fully saturated rings. The molecule has 1 saturated carbocycles. The van der Waals surface area contributed by atoms with E-state index in [1.807, 2.05) is 7.05 Å². The molecule has 3 amide bonds. The third-order valence-corrected chi connectivity index (χ3v) is 2.84. The van der Waals surface area contributed by atoms with Crippen molar-refractivity contribution in [1.29, 1.82) is 0 Å². The van der Waals surface area contributed by atoms with Crippen molar-refractivity contribution >= 4 is 11.9 Å². The van der Waals surface area contributed by atoms with Crippen molar-refractivity contribution in [1.82, 2.24) is 15.1 Å². The summed E-state index contributed by atoms with van der Waals surface area (Å²) in [5.74, 6) is -0.0213. The number of imide groups is 1. The van der Waals surface area contributed by atoms with Gasteiger partial charge in [-0.15, -0.1) is 0 Å². The first-order chi connectivity index (χ1) is 7.24. The summed E-state index contributed by atoms with van der Waals surface area (Å²) in [7, 11) is 1.88. The number of nitrogens with one attached hydrogen (secondary N) is 1. The summed E-state index contributed by atoms with van der Waals surface area (Å²) in [5.41, 5.74) is 0. The Labute approximate surface area is 89.4 Å². The average molecular weight is 211 g/mol. The Kier molecular flexibility index (Phi) is 2.90. The molecule has 5 heteroatoms. The van der Waals surface area contributed by atoms with E-state index in [1.165, 1.54) is 4.90 Å². The fraction of sp³-hybridized carbons (Fsp3) is 0.800. The van der Waals surface area contributed by atoms with Crippen LogP contribution in [0.4, 0.5) is 4.79 Å². The number of hydrogen-bond donors (Lipinski definition) is 1. The van der Waals surface area contributed by atoms with Crippen LogP contribution in [-0.4, -0.2) is 54.5 Å². The molecule has 0 unspecified atom stereocenters. The number of urea groups is 1. The van der Waals surface area contributed by atoms with Crippen LogP contribution in [0.2, 0.25) is 0 Å². The molecule has 0 aromatic rings. The van der Waals surface area contributed by atoms with Gasteiger partial charge in [0.2, 0.25) is 0 Å². The highest BCUT2D eigenvalue weighted by Crippen LogP contribution is 2.30. The molecule has 1 aliphatic carbocycles. The van der Waals surface area contributed by atoms with Crippen LogP contribution in [0.1, 0.15) is 19.3 Å². The summed E-state index contributed by atoms with van der Waals surface area (Å²) in [6.07, 6.45) is 2.87. The molecule has 0 bridgehead atoms. The summed E-state index contributed by atoms with van der Waals surface area (Å²) in [6.45, 7) is 1.83. The second-order valence-electron chi connectivity index (χ2n) is 4.16. The quantitative estimate of drug-likeness (QED) is 0.515. The van der Waals surface area contributed by atoms with Crippen LogP contribution in [0.15, 0.2) is 0 Å². The lowest BCUT2D eigenvalue weighted by atomic mass is 10.4. The fourth-order valence-electron chi connectivity index (χ4n) is 1.88. The standard InChI is InChI=1S/C10H17N3O2/c1-11-5-2-6-12-7-9(14)13(10(12)15)8-3-4-8/h8,11H,2-7H2,1H3. The third-order valence-electron chi connectivity index (χ3n) is 2.84. The summed E-state index contributed by atoms with van der Waals surface area (Å²) in [6, 6.07) is 0.123. The van der Waals surface area contributed by atoms with E-state index >= 15 is 0 Å². The van der Waals surface area contributed by atoms with E-state index in [4.69, 9.17) is 0 Å². The van der Waals surface area contributed by atoms with Crippen LogP contribution in [0.5, 0.6) is 0 Å². The van der Waals surface area contributed by atoms with Crippen molar-refractivity contribution in [2.24, 2.45) is 0 Å². The lowest BCUT2D eigenvalue weighted by molar-refractivity contribution is -0.125. The molecule has 84 valence electrons. The van der Waals surface area contributed by atoms with Gasteiger partial charge in [0.25, 0.3) is 5.91 Å². The smallest absolute Gasteiger partial charge is 0.320 e. The SMILES string of the molecule is CNCCCN1CC(=O)N(C2CC2)C1=O. The minimum Gasteiger partial charge on any atom is -0.320 e. The maximum absolute atomic E-state index is 11.8. The zero-order valence-corrected chi connectivity index (χ0v) is 9.03. The first-order valence-electron chi connectivity index (χ1n) is 5.49. The van der Waals surface area contributed by atoms with Gasteiger partial charge in [0, 0.05) is 12.6 Å². The Balaban J connectivity index is 1.87. The summed E-state index contributed by atoms with van der Waals surface area (Å²) >= 11 is 0. The number of carbonyl (C=O) groups excluding carboxylic acids is 2. The molecule has 0 aromatic carbocycles. The van der Waals surface area contributed by atoms with E-state index in [-0.39, 0.29) is 24.5 Å². The summed E-state index contributed by atoms with van der Waals surface area (Å²) in [4.78, 5) is 26.5. The van der Waals surface area contributed by atoms with Crippen molar-refractivity contribution in [3.05, 3.63) is 0 Å². The Bertz CT molecular complexity index is 276. The Morgan fingerprint density at radius 1 is 1.40 bits per heavy atom. The normalized spacial score (nSPS) is 21.7. The summed E-state index contributed by atoms with van der Waals surface area (Å²) in [5, 5.41) is 3.03. The number of nitrogens with zero attached hydrogens (tertiary/aromatic N) is 2. The Morgan fingerprint density at radius 2 is 2.13 bits per heavy atom. The lowest BCUT2D eigenvalue weighted by Gasteiger charge is -2.16. The molecule has 2 rings (SSSR count). The second-order valence-corrected chi connectivity index (χ2v) is 4.16. The van der Waals surface area contributed by atoms with Gasteiger partial charge in [-0.3, -0.25) is 9.69 Å². The van der Waals surface area contributed by atoms with Gasteiger partial charge in [-0.05, 0) is 32.9 Å². The predicted molar refractivity (Wildman–Crippen MR) is 55.4 cm³/mol. The lowest BCUT2D eigenvalue weighted by Crippen LogP contribution is -2.35. The third kappa shape index (κ3) is 2.12. The van der Waals surface area contributed by atoms with Crippen molar-refractivity contribution < 1.29 is 9.59 Å². The molecular formula is C10H17N3O2. The van der Waals surface area contributed by atoms with Gasteiger partial charge in [-0.1, -0.05) is 0 Å². The van der Waals surface area contributed by atoms with E-state index in [0.29, 0.717) is 6.54 Å². The minimum absolute atomic E-state index is 0.0213. The monoisotopic (exact) mass is 211 g/mol. The van der Waals surface area contributed by atoms with Crippen LogP contribution in [-0.2, 0) is 4.79 Å². The van der Waals surface area contributed by atoms with Gasteiger partial charge in [0.05, 0.1) is 0 Å². The van der Waals surface area contributed by atoms with E-state index in [0.717, 1.165) is 25.8 Å². The molecule has 0 spiro atoms. The average Bonchev–Trinajstić information content (AvgIpc) is 2.97. The number of amides is 3. The van der Waals surface area contributed by atoms with Gasteiger partial charge in [0.15, 0.2) is 0 Å². The highest BCUT2D eigenvalue weighted by Gasteiger charge is 2.44. The first kappa shape index (κ1) is 10.4. The molecule has 0 aromatic heterocycles. The van der Waals surface area contributed by atoms with Crippen LogP contribution in [0.3, 0.4) is 0 Å². The maximum Gasteiger partial charge on any atom is 0.327 e. The molecule has 0 radical (unpaired) electrons. The highest BCUT2D eigenvalue weighted by molar-refractivity contribution is 6.02. The van der Waals surface area contributed by atoms with Crippen LogP contribution >= 0.6 is 0 Å². The van der Waals surface area contributed by atoms with Gasteiger partial charge in [-0.25, -0.2) is 4.79 Å². The van der Waals surface area contributed by atoms with Gasteiger partial charge < -0.3 is 10.2 Å². The van der Waals surface area contributed by atoms with Gasteiger partial charge in [-0.2, -0.15) is 0 Å². The number of carbonyl (C=O) groups is 2. The number of hydrogen-bond acceptors (Lipinski definition) is 3. The zero-order valence-electron chi connectivity index (χ0n) is 9.03. The molecular weight excluding hydrogens is 194 g/mol.